The van der Waals surface area contributed by atoms with Crippen molar-refractivity contribution in [2.45, 2.75) is 85.2 Å². The number of carbonyl (C=O) groups excluding carboxylic acids is 2. The van der Waals surface area contributed by atoms with Crippen molar-refractivity contribution in [3.63, 3.8) is 0 Å². The molecule has 1 saturated heterocycles. The maximum absolute atomic E-state index is 12.7. The third-order valence-corrected chi connectivity index (χ3v) is 4.10. The van der Waals surface area contributed by atoms with Gasteiger partial charge in [-0.05, 0) is 48.0 Å². The van der Waals surface area contributed by atoms with E-state index in [2.05, 4.69) is 11.9 Å². The number of rotatable bonds is 6. The Hall–Kier alpha value is -2.51. The van der Waals surface area contributed by atoms with Crippen LogP contribution in [0.1, 0.15) is 67.0 Å². The molecule has 1 amide bonds. The molecular weight excluding hydrogens is 386 g/mol. The number of nitrogens with zero attached hydrogens (tertiary/aromatic N) is 3. The first-order valence-electron chi connectivity index (χ1n) is 10.5. The highest BCUT2D eigenvalue weighted by molar-refractivity contribution is 5.91. The molecule has 1 aliphatic heterocycles. The van der Waals surface area contributed by atoms with Gasteiger partial charge in [0.15, 0.2) is 0 Å². The summed E-state index contributed by atoms with van der Waals surface area (Å²) in [7, 11) is 0. The van der Waals surface area contributed by atoms with E-state index >= 15 is 0 Å². The van der Waals surface area contributed by atoms with E-state index in [9.17, 15) is 9.59 Å². The lowest BCUT2D eigenvalue weighted by Gasteiger charge is -2.25. The molecule has 8 heteroatoms. The Morgan fingerprint density at radius 1 is 1.17 bits per heavy atom. The van der Waals surface area contributed by atoms with Crippen LogP contribution in [0.2, 0.25) is 0 Å². The fraction of sp³-hybridized carbons (Fsp3) is 0.682. The summed E-state index contributed by atoms with van der Waals surface area (Å²) in [5.41, 5.74) is -0.597. The minimum Gasteiger partial charge on any atom is -0.481 e. The number of likely N-dealkylation sites (tertiary alicyclic amines) is 1. The summed E-state index contributed by atoms with van der Waals surface area (Å²) in [5.74, 6) is -0.467. The van der Waals surface area contributed by atoms with Gasteiger partial charge in [-0.25, -0.2) is 14.6 Å². The van der Waals surface area contributed by atoms with Gasteiger partial charge in [0.1, 0.15) is 17.3 Å². The number of hydrogen-bond donors (Lipinski definition) is 0. The number of hydrogen-bond acceptors (Lipinski definition) is 6. The van der Waals surface area contributed by atoms with E-state index in [0.717, 1.165) is 13.0 Å². The number of ether oxygens (including phenoxy) is 3. The van der Waals surface area contributed by atoms with Crippen molar-refractivity contribution < 1.29 is 23.8 Å². The normalized spacial score (nSPS) is 17.8. The monoisotopic (exact) mass is 421 g/mol. The number of esters is 1. The summed E-state index contributed by atoms with van der Waals surface area (Å²) in [6.07, 6.45) is 6.06. The zero-order valence-corrected chi connectivity index (χ0v) is 19.2. The van der Waals surface area contributed by atoms with E-state index in [1.165, 1.54) is 0 Å². The minimum atomic E-state index is -0.653. The predicted molar refractivity (Wildman–Crippen MR) is 114 cm³/mol. The van der Waals surface area contributed by atoms with Crippen LogP contribution in [0.3, 0.4) is 0 Å². The van der Waals surface area contributed by atoms with Gasteiger partial charge in [0.05, 0.1) is 18.6 Å². The Bertz CT molecular complexity index is 770. The van der Waals surface area contributed by atoms with Gasteiger partial charge in [-0.2, -0.15) is 0 Å². The zero-order chi connectivity index (χ0) is 22.5. The first-order chi connectivity index (χ1) is 13.9. The molecule has 1 fully saturated rings. The first kappa shape index (κ1) is 23.8. The molecule has 0 N–H and O–H groups in total. The molecule has 0 aromatic carbocycles. The van der Waals surface area contributed by atoms with Crippen LogP contribution in [0.4, 0.5) is 4.79 Å². The summed E-state index contributed by atoms with van der Waals surface area (Å²) in [6, 6.07) is 0. The number of aryl methyl sites for hydroxylation is 1. The summed E-state index contributed by atoms with van der Waals surface area (Å²) in [6.45, 7) is 14.7. The Morgan fingerprint density at radius 2 is 1.83 bits per heavy atom. The lowest BCUT2D eigenvalue weighted by Crippen LogP contribution is -2.36. The van der Waals surface area contributed by atoms with Crippen molar-refractivity contribution in [1.29, 1.82) is 0 Å². The molecule has 2 heterocycles. The van der Waals surface area contributed by atoms with Crippen molar-refractivity contribution >= 4 is 18.1 Å². The number of carbonyl (C=O) groups is 2. The molecule has 0 aliphatic carbocycles. The summed E-state index contributed by atoms with van der Waals surface area (Å²) < 4.78 is 18.9. The fourth-order valence-electron chi connectivity index (χ4n) is 2.93. The minimum absolute atomic E-state index is 0.0858. The summed E-state index contributed by atoms with van der Waals surface area (Å²) in [4.78, 5) is 31.0. The van der Waals surface area contributed by atoms with E-state index in [0.29, 0.717) is 25.2 Å². The molecule has 30 heavy (non-hydrogen) atoms. The quantitative estimate of drug-likeness (QED) is 0.392. The van der Waals surface area contributed by atoms with Gasteiger partial charge in [0.2, 0.25) is 5.76 Å². The smallest absolute Gasteiger partial charge is 0.410 e. The highest BCUT2D eigenvalue weighted by Gasteiger charge is 2.33. The molecule has 1 atom stereocenters. The van der Waals surface area contributed by atoms with Crippen molar-refractivity contribution in [2.75, 3.05) is 13.1 Å². The number of imidazole rings is 1. The van der Waals surface area contributed by atoms with E-state index in [-0.39, 0.29) is 18.0 Å². The topological polar surface area (TPSA) is 82.9 Å². The van der Waals surface area contributed by atoms with Crippen LogP contribution in [0, 0.1) is 0 Å². The third kappa shape index (κ3) is 7.72. The molecule has 1 aromatic heterocycles. The van der Waals surface area contributed by atoms with Crippen LogP contribution < -0.4 is 0 Å². The molecule has 0 saturated carbocycles. The zero-order valence-electron chi connectivity index (χ0n) is 19.2. The Morgan fingerprint density at radius 3 is 2.43 bits per heavy atom. The van der Waals surface area contributed by atoms with Crippen molar-refractivity contribution in [2.24, 2.45) is 0 Å². The van der Waals surface area contributed by atoms with Gasteiger partial charge in [-0.15, -0.1) is 0 Å². The molecule has 0 bridgehead atoms. The molecule has 0 spiro atoms. The summed E-state index contributed by atoms with van der Waals surface area (Å²) in [5, 5.41) is 0. The van der Waals surface area contributed by atoms with Gasteiger partial charge in [-0.3, -0.25) is 0 Å². The van der Waals surface area contributed by atoms with Crippen LogP contribution in [0.25, 0.3) is 6.08 Å². The average molecular weight is 422 g/mol. The highest BCUT2D eigenvalue weighted by Crippen LogP contribution is 2.22. The molecule has 8 nitrogen and oxygen atoms in total. The molecule has 2 rings (SSSR count). The van der Waals surface area contributed by atoms with Crippen LogP contribution in [-0.4, -0.2) is 56.9 Å². The molecule has 1 aliphatic rings. The lowest BCUT2D eigenvalue weighted by molar-refractivity contribution is -0.154. The van der Waals surface area contributed by atoms with E-state index in [1.54, 1.807) is 38.1 Å². The van der Waals surface area contributed by atoms with Gasteiger partial charge < -0.3 is 23.7 Å². The third-order valence-electron chi connectivity index (χ3n) is 4.10. The van der Waals surface area contributed by atoms with E-state index in [4.69, 9.17) is 14.2 Å². The fourth-order valence-corrected chi connectivity index (χ4v) is 2.93. The Balaban J connectivity index is 2.12. The molecule has 0 unspecified atom stereocenters. The van der Waals surface area contributed by atoms with Crippen molar-refractivity contribution in [3.8, 4) is 0 Å². The van der Waals surface area contributed by atoms with Gasteiger partial charge in [0, 0.05) is 31.8 Å². The van der Waals surface area contributed by atoms with Crippen LogP contribution in [0.15, 0.2) is 18.3 Å². The van der Waals surface area contributed by atoms with E-state index in [1.807, 2.05) is 31.5 Å². The average Bonchev–Trinajstić information content (AvgIpc) is 3.21. The van der Waals surface area contributed by atoms with Gasteiger partial charge >= 0.3 is 12.1 Å². The van der Waals surface area contributed by atoms with Crippen molar-refractivity contribution in [3.05, 3.63) is 24.0 Å². The second kappa shape index (κ2) is 9.53. The molecule has 1 aromatic rings. The number of aromatic nitrogens is 2. The first-order valence-corrected chi connectivity index (χ1v) is 10.5. The highest BCUT2D eigenvalue weighted by atomic mass is 16.6. The van der Waals surface area contributed by atoms with E-state index < -0.39 is 17.2 Å². The largest absolute Gasteiger partial charge is 0.481 e. The molecule has 168 valence electrons. The lowest BCUT2D eigenvalue weighted by atomic mass is 10.2. The summed E-state index contributed by atoms with van der Waals surface area (Å²) >= 11 is 0. The Labute approximate surface area is 179 Å². The van der Waals surface area contributed by atoms with Crippen molar-refractivity contribution in [1.82, 2.24) is 14.5 Å². The molecular formula is C22H35N3O5. The predicted octanol–water partition coefficient (Wildman–Crippen LogP) is 4.00. The second-order valence-electron chi connectivity index (χ2n) is 9.50. The van der Waals surface area contributed by atoms with Gasteiger partial charge in [-0.1, -0.05) is 6.92 Å². The Kier molecular flexibility index (Phi) is 7.55. The SMILES string of the molecule is CCCn1cnc(C=C(O[C@H]2CCN(C(=O)OC(C)(C)C)C2)C(=O)OC(C)(C)C)c1. The van der Waals surface area contributed by atoms with Crippen LogP contribution in [0.5, 0.6) is 0 Å². The standard InChI is InChI=1S/C22H35N3O5/c1-8-10-24-13-16(23-15-24)12-18(19(26)29-21(2,3)4)28-17-9-11-25(14-17)20(27)30-22(5,6)7/h12-13,15,17H,8-11,14H2,1-7H3/t17-/m0/s1. The van der Waals surface area contributed by atoms with Gasteiger partial charge in [0.25, 0.3) is 0 Å². The van der Waals surface area contributed by atoms with Crippen LogP contribution in [-0.2, 0) is 25.5 Å². The molecule has 0 radical (unpaired) electrons. The maximum atomic E-state index is 12.7. The van der Waals surface area contributed by atoms with Crippen LogP contribution >= 0.6 is 0 Å². The number of amides is 1. The maximum Gasteiger partial charge on any atom is 0.410 e. The second-order valence-corrected chi connectivity index (χ2v) is 9.50.